The fourth-order valence-electron chi connectivity index (χ4n) is 4.08. The summed E-state index contributed by atoms with van der Waals surface area (Å²) in [5.74, 6) is 3.06. The Labute approximate surface area is 180 Å². The number of aromatic hydroxyl groups is 2. The van der Waals surface area contributed by atoms with Crippen LogP contribution in [0.5, 0.6) is 11.5 Å². The summed E-state index contributed by atoms with van der Waals surface area (Å²) in [5, 5.41) is 19.9. The highest BCUT2D eigenvalue weighted by molar-refractivity contribution is 5.46. The van der Waals surface area contributed by atoms with Crippen LogP contribution in [0.15, 0.2) is 23.8 Å². The molecule has 0 fully saturated rings. The minimum absolute atomic E-state index is 0.226. The van der Waals surface area contributed by atoms with Gasteiger partial charge < -0.3 is 10.2 Å². The Morgan fingerprint density at radius 1 is 0.862 bits per heavy atom. The minimum atomic E-state index is 0.226. The third-order valence-electron chi connectivity index (χ3n) is 6.17. The van der Waals surface area contributed by atoms with Crippen molar-refractivity contribution in [3.05, 3.63) is 34.9 Å². The quantitative estimate of drug-likeness (QED) is 0.242. The van der Waals surface area contributed by atoms with Crippen LogP contribution in [0.25, 0.3) is 0 Å². The van der Waals surface area contributed by atoms with Gasteiger partial charge in [0, 0.05) is 5.56 Å². The monoisotopic (exact) mass is 402 g/mol. The van der Waals surface area contributed by atoms with Crippen molar-refractivity contribution in [3.8, 4) is 11.5 Å². The number of aryl methyl sites for hydroxylation is 1. The molecule has 2 nitrogen and oxygen atoms in total. The summed E-state index contributed by atoms with van der Waals surface area (Å²) < 4.78 is 0. The molecule has 1 aromatic rings. The molecule has 0 aromatic heterocycles. The largest absolute Gasteiger partial charge is 0.508 e. The van der Waals surface area contributed by atoms with E-state index in [0.29, 0.717) is 12.2 Å². The average Bonchev–Trinajstić information content (AvgIpc) is 2.63. The highest BCUT2D eigenvalue weighted by atomic mass is 16.3. The zero-order valence-electron chi connectivity index (χ0n) is 19.9. The summed E-state index contributed by atoms with van der Waals surface area (Å²) in [5.41, 5.74) is 2.91. The first-order chi connectivity index (χ1) is 13.7. The van der Waals surface area contributed by atoms with E-state index in [1.54, 1.807) is 12.1 Å². The first kappa shape index (κ1) is 25.6. The van der Waals surface area contributed by atoms with E-state index in [1.165, 1.54) is 56.9 Å². The normalized spacial score (nSPS) is 14.4. The van der Waals surface area contributed by atoms with E-state index in [2.05, 4.69) is 40.7 Å². The van der Waals surface area contributed by atoms with Gasteiger partial charge in [0.2, 0.25) is 0 Å². The fraction of sp³-hybridized carbons (Fsp3) is 0.704. The van der Waals surface area contributed by atoms with E-state index in [-0.39, 0.29) is 5.75 Å². The maximum Gasteiger partial charge on any atom is 0.122 e. The van der Waals surface area contributed by atoms with Crippen LogP contribution in [-0.4, -0.2) is 10.2 Å². The third kappa shape index (κ3) is 11.4. The van der Waals surface area contributed by atoms with E-state index in [1.807, 2.05) is 6.92 Å². The van der Waals surface area contributed by atoms with Gasteiger partial charge in [-0.2, -0.15) is 0 Å². The lowest BCUT2D eigenvalue weighted by Crippen LogP contribution is -2.00. The van der Waals surface area contributed by atoms with Crippen molar-refractivity contribution in [1.82, 2.24) is 0 Å². The molecule has 0 radical (unpaired) electrons. The van der Waals surface area contributed by atoms with Crippen LogP contribution in [0.1, 0.15) is 104 Å². The second-order valence-corrected chi connectivity index (χ2v) is 9.88. The summed E-state index contributed by atoms with van der Waals surface area (Å²) in [4.78, 5) is 0. The molecule has 0 aliphatic carbocycles. The number of allylic oxidation sites excluding steroid dienone is 2. The summed E-state index contributed by atoms with van der Waals surface area (Å²) in [6, 6.07) is 3.27. The summed E-state index contributed by atoms with van der Waals surface area (Å²) in [7, 11) is 0. The molecule has 0 saturated carbocycles. The molecular formula is C27H46O2. The fourth-order valence-corrected chi connectivity index (χ4v) is 4.08. The van der Waals surface area contributed by atoms with E-state index >= 15 is 0 Å². The van der Waals surface area contributed by atoms with Crippen LogP contribution in [0, 0.1) is 24.7 Å². The van der Waals surface area contributed by atoms with Gasteiger partial charge in [-0.3, -0.25) is 0 Å². The Bertz CT molecular complexity index is 615. The number of hydrogen-bond acceptors (Lipinski definition) is 2. The lowest BCUT2D eigenvalue weighted by atomic mass is 9.91. The first-order valence-electron chi connectivity index (χ1n) is 11.9. The molecule has 0 unspecified atom stereocenters. The number of phenols is 2. The van der Waals surface area contributed by atoms with Crippen LogP contribution >= 0.6 is 0 Å². The zero-order valence-corrected chi connectivity index (χ0v) is 19.9. The van der Waals surface area contributed by atoms with Crippen LogP contribution in [0.3, 0.4) is 0 Å². The molecule has 166 valence electrons. The molecule has 0 bridgehead atoms. The molecule has 1 rings (SSSR count). The second-order valence-electron chi connectivity index (χ2n) is 9.88. The van der Waals surface area contributed by atoms with Crippen molar-refractivity contribution in [2.24, 2.45) is 17.8 Å². The number of phenolic OH excluding ortho intramolecular Hbond substituents is 2. The van der Waals surface area contributed by atoms with Gasteiger partial charge in [0.1, 0.15) is 11.5 Å². The Morgan fingerprint density at radius 3 is 2.00 bits per heavy atom. The van der Waals surface area contributed by atoms with Crippen molar-refractivity contribution in [3.63, 3.8) is 0 Å². The second kappa shape index (κ2) is 13.7. The van der Waals surface area contributed by atoms with Crippen LogP contribution in [0.2, 0.25) is 0 Å². The van der Waals surface area contributed by atoms with Crippen molar-refractivity contribution in [2.75, 3.05) is 0 Å². The SMILES string of the molecule is C/C(=C\Cc1cc(O)cc(C)c1O)CCC[C@@H](C)CCC[C@H](C)CCCC(C)C. The lowest BCUT2D eigenvalue weighted by molar-refractivity contribution is 0.389. The molecule has 2 heteroatoms. The Kier molecular flexibility index (Phi) is 12.1. The maximum atomic E-state index is 10.1. The summed E-state index contributed by atoms with van der Waals surface area (Å²) in [6.45, 7) is 13.5. The van der Waals surface area contributed by atoms with E-state index in [0.717, 1.165) is 35.3 Å². The molecule has 0 aliphatic heterocycles. The first-order valence-corrected chi connectivity index (χ1v) is 11.9. The Hall–Kier alpha value is -1.44. The number of benzene rings is 1. The van der Waals surface area contributed by atoms with Gasteiger partial charge in [-0.05, 0) is 68.6 Å². The smallest absolute Gasteiger partial charge is 0.122 e. The molecule has 0 aliphatic rings. The predicted octanol–water partition coefficient (Wildman–Crippen LogP) is 8.33. The van der Waals surface area contributed by atoms with E-state index in [9.17, 15) is 10.2 Å². The van der Waals surface area contributed by atoms with Crippen molar-refractivity contribution < 1.29 is 10.2 Å². The molecule has 0 saturated heterocycles. The molecule has 1 aromatic carbocycles. The van der Waals surface area contributed by atoms with Gasteiger partial charge in [0.05, 0.1) is 0 Å². The molecule has 2 N–H and O–H groups in total. The van der Waals surface area contributed by atoms with Gasteiger partial charge in [0.15, 0.2) is 0 Å². The molecule has 2 atom stereocenters. The predicted molar refractivity (Wildman–Crippen MR) is 127 cm³/mol. The van der Waals surface area contributed by atoms with Crippen molar-refractivity contribution in [1.29, 1.82) is 0 Å². The highest BCUT2D eigenvalue weighted by Gasteiger charge is 2.08. The number of hydrogen-bond donors (Lipinski definition) is 2. The molecule has 0 spiro atoms. The zero-order chi connectivity index (χ0) is 21.8. The number of rotatable bonds is 14. The van der Waals surface area contributed by atoms with Gasteiger partial charge in [-0.1, -0.05) is 84.3 Å². The lowest BCUT2D eigenvalue weighted by Gasteiger charge is -2.15. The standard InChI is InChI=1S/C27H46O2/c1-20(2)10-7-11-21(3)12-8-13-22(4)14-9-15-23(5)16-17-25-19-26(28)18-24(6)27(25)29/h16,18-22,28-29H,7-15,17H2,1-6H3/b23-16+/t21-,22+/m1/s1. The summed E-state index contributed by atoms with van der Waals surface area (Å²) in [6.07, 6.45) is 14.8. The van der Waals surface area contributed by atoms with E-state index < -0.39 is 0 Å². The molecule has 0 amide bonds. The van der Waals surface area contributed by atoms with Gasteiger partial charge in [-0.25, -0.2) is 0 Å². The van der Waals surface area contributed by atoms with Gasteiger partial charge in [-0.15, -0.1) is 0 Å². The van der Waals surface area contributed by atoms with E-state index in [4.69, 9.17) is 0 Å². The molecule has 29 heavy (non-hydrogen) atoms. The summed E-state index contributed by atoms with van der Waals surface area (Å²) >= 11 is 0. The van der Waals surface area contributed by atoms with Crippen molar-refractivity contribution >= 4 is 0 Å². The Morgan fingerprint density at radius 2 is 1.41 bits per heavy atom. The van der Waals surface area contributed by atoms with Gasteiger partial charge >= 0.3 is 0 Å². The topological polar surface area (TPSA) is 40.5 Å². The van der Waals surface area contributed by atoms with Crippen molar-refractivity contribution in [2.45, 2.75) is 106 Å². The van der Waals surface area contributed by atoms with Gasteiger partial charge in [0.25, 0.3) is 0 Å². The maximum absolute atomic E-state index is 10.1. The Balaban J connectivity index is 2.21. The van der Waals surface area contributed by atoms with Crippen LogP contribution < -0.4 is 0 Å². The minimum Gasteiger partial charge on any atom is -0.508 e. The third-order valence-corrected chi connectivity index (χ3v) is 6.17. The van der Waals surface area contributed by atoms with Crippen LogP contribution in [0.4, 0.5) is 0 Å². The molecular weight excluding hydrogens is 356 g/mol. The average molecular weight is 403 g/mol. The molecule has 0 heterocycles. The van der Waals surface area contributed by atoms with Crippen LogP contribution in [-0.2, 0) is 6.42 Å². The highest BCUT2D eigenvalue weighted by Crippen LogP contribution is 2.28.